The van der Waals surface area contributed by atoms with Crippen LogP contribution >= 0.6 is 15.9 Å². The van der Waals surface area contributed by atoms with Crippen LogP contribution < -0.4 is 4.74 Å². The Labute approximate surface area is 134 Å². The summed E-state index contributed by atoms with van der Waals surface area (Å²) in [6, 6.07) is 6.02. The topological polar surface area (TPSA) is 44.1 Å². The van der Waals surface area contributed by atoms with E-state index in [0.717, 1.165) is 0 Å². The van der Waals surface area contributed by atoms with Crippen LogP contribution in [0.2, 0.25) is 0 Å². The Morgan fingerprint density at radius 2 is 2.09 bits per heavy atom. The van der Waals surface area contributed by atoms with E-state index in [9.17, 15) is 13.6 Å². The van der Waals surface area contributed by atoms with Crippen molar-refractivity contribution in [2.45, 2.75) is 20.1 Å². The van der Waals surface area contributed by atoms with Gasteiger partial charge in [-0.05, 0) is 46.6 Å². The van der Waals surface area contributed by atoms with Gasteiger partial charge in [-0.15, -0.1) is 0 Å². The standard InChI is InChI=1S/C15H13BrF2N2O2/c1-2-20-14(12(16)9-19-20)13(21)8-5-10-3-6-11(7-4-10)22-15(17)18/h3-9,15H,2H2,1H3/b8-5+. The smallest absolute Gasteiger partial charge is 0.387 e. The molecule has 0 aliphatic carbocycles. The molecule has 0 N–H and O–H groups in total. The second kappa shape index (κ2) is 7.31. The number of allylic oxidation sites excluding steroid dienone is 1. The van der Waals surface area contributed by atoms with Gasteiger partial charge in [-0.3, -0.25) is 9.48 Å². The number of aryl methyl sites for hydroxylation is 1. The zero-order valence-electron chi connectivity index (χ0n) is 11.7. The molecule has 0 aliphatic rings. The lowest BCUT2D eigenvalue weighted by Gasteiger charge is -2.04. The first-order chi connectivity index (χ1) is 10.5. The number of alkyl halides is 2. The predicted octanol–water partition coefficient (Wildman–Crippen LogP) is 4.16. The van der Waals surface area contributed by atoms with E-state index in [4.69, 9.17) is 0 Å². The van der Waals surface area contributed by atoms with E-state index in [2.05, 4.69) is 25.8 Å². The quantitative estimate of drug-likeness (QED) is 0.566. The lowest BCUT2D eigenvalue weighted by Crippen LogP contribution is -2.07. The summed E-state index contributed by atoms with van der Waals surface area (Å²) in [4.78, 5) is 12.2. The molecule has 0 saturated heterocycles. The fourth-order valence-corrected chi connectivity index (χ4v) is 2.35. The van der Waals surface area contributed by atoms with Crippen molar-refractivity contribution in [3.05, 3.63) is 52.3 Å². The lowest BCUT2D eigenvalue weighted by atomic mass is 10.1. The van der Waals surface area contributed by atoms with Gasteiger partial charge in [0.2, 0.25) is 5.78 Å². The lowest BCUT2D eigenvalue weighted by molar-refractivity contribution is -0.0498. The summed E-state index contributed by atoms with van der Waals surface area (Å²) in [6.07, 6.45) is 4.59. The average Bonchev–Trinajstić information content (AvgIpc) is 2.86. The number of carbonyl (C=O) groups is 1. The van der Waals surface area contributed by atoms with Crippen molar-refractivity contribution < 1.29 is 18.3 Å². The molecule has 0 aliphatic heterocycles. The molecular weight excluding hydrogens is 358 g/mol. The highest BCUT2D eigenvalue weighted by molar-refractivity contribution is 9.10. The van der Waals surface area contributed by atoms with Crippen LogP contribution in [0, 0.1) is 0 Å². The van der Waals surface area contributed by atoms with Crippen LogP contribution in [-0.4, -0.2) is 22.2 Å². The second-order valence-corrected chi connectivity index (χ2v) is 5.16. The van der Waals surface area contributed by atoms with Gasteiger partial charge in [0.25, 0.3) is 0 Å². The molecule has 0 amide bonds. The molecule has 1 heterocycles. The van der Waals surface area contributed by atoms with Crippen LogP contribution in [-0.2, 0) is 6.54 Å². The van der Waals surface area contributed by atoms with Crippen molar-refractivity contribution in [3.63, 3.8) is 0 Å². The van der Waals surface area contributed by atoms with Crippen LogP contribution in [0.1, 0.15) is 23.0 Å². The number of ether oxygens (including phenoxy) is 1. The van der Waals surface area contributed by atoms with E-state index in [0.29, 0.717) is 22.3 Å². The van der Waals surface area contributed by atoms with E-state index >= 15 is 0 Å². The largest absolute Gasteiger partial charge is 0.435 e. The predicted molar refractivity (Wildman–Crippen MR) is 82.0 cm³/mol. The monoisotopic (exact) mass is 370 g/mol. The highest BCUT2D eigenvalue weighted by atomic mass is 79.9. The molecule has 0 saturated carbocycles. The average molecular weight is 371 g/mol. The summed E-state index contributed by atoms with van der Waals surface area (Å²) < 4.78 is 30.6. The summed E-state index contributed by atoms with van der Waals surface area (Å²) in [5.74, 6) is -0.121. The van der Waals surface area contributed by atoms with Crippen molar-refractivity contribution in [2.75, 3.05) is 0 Å². The summed E-state index contributed by atoms with van der Waals surface area (Å²) in [5.41, 5.74) is 1.17. The van der Waals surface area contributed by atoms with Gasteiger partial charge in [0.15, 0.2) is 0 Å². The van der Waals surface area contributed by atoms with E-state index in [1.165, 1.54) is 18.2 Å². The Hall–Kier alpha value is -2.02. The molecule has 4 nitrogen and oxygen atoms in total. The molecule has 116 valence electrons. The summed E-state index contributed by atoms with van der Waals surface area (Å²) in [6.45, 7) is -0.378. The van der Waals surface area contributed by atoms with Crippen LogP contribution in [0.3, 0.4) is 0 Å². The van der Waals surface area contributed by atoms with Gasteiger partial charge in [-0.25, -0.2) is 0 Å². The van der Waals surface area contributed by atoms with E-state index < -0.39 is 6.61 Å². The van der Waals surface area contributed by atoms with Crippen LogP contribution in [0.5, 0.6) is 5.75 Å². The van der Waals surface area contributed by atoms with Crippen LogP contribution in [0.15, 0.2) is 41.0 Å². The number of hydrogen-bond acceptors (Lipinski definition) is 3. The summed E-state index contributed by atoms with van der Waals surface area (Å²) >= 11 is 3.29. The molecule has 7 heteroatoms. The maximum atomic E-state index is 12.2. The number of nitrogens with zero attached hydrogens (tertiary/aromatic N) is 2. The van der Waals surface area contributed by atoms with Gasteiger partial charge < -0.3 is 4.74 Å². The molecule has 0 radical (unpaired) electrons. The fourth-order valence-electron chi connectivity index (χ4n) is 1.86. The fraction of sp³-hybridized carbons (Fsp3) is 0.200. The number of benzene rings is 1. The van der Waals surface area contributed by atoms with Crippen LogP contribution in [0.25, 0.3) is 6.08 Å². The van der Waals surface area contributed by atoms with E-state index in [1.807, 2.05) is 6.92 Å². The number of halogens is 3. The third-order valence-electron chi connectivity index (χ3n) is 2.86. The highest BCUT2D eigenvalue weighted by Crippen LogP contribution is 2.19. The third kappa shape index (κ3) is 4.00. The van der Waals surface area contributed by atoms with Crippen molar-refractivity contribution in [1.82, 2.24) is 9.78 Å². The normalized spacial score (nSPS) is 11.3. The molecule has 2 aromatic rings. The number of rotatable bonds is 6. The molecule has 1 aromatic heterocycles. The van der Waals surface area contributed by atoms with Gasteiger partial charge in [0.05, 0.1) is 10.7 Å². The van der Waals surface area contributed by atoms with Crippen molar-refractivity contribution in [3.8, 4) is 5.75 Å². The van der Waals surface area contributed by atoms with Gasteiger partial charge in [0, 0.05) is 6.54 Å². The summed E-state index contributed by atoms with van der Waals surface area (Å²) in [5, 5.41) is 4.08. The van der Waals surface area contributed by atoms with E-state index in [1.54, 1.807) is 29.1 Å². The minimum absolute atomic E-state index is 0.0743. The Bertz CT molecular complexity index is 681. The zero-order valence-corrected chi connectivity index (χ0v) is 13.3. The molecule has 0 bridgehead atoms. The van der Waals surface area contributed by atoms with Crippen molar-refractivity contribution >= 4 is 27.8 Å². The highest BCUT2D eigenvalue weighted by Gasteiger charge is 2.13. The van der Waals surface area contributed by atoms with E-state index in [-0.39, 0.29) is 11.5 Å². The maximum Gasteiger partial charge on any atom is 0.387 e. The number of ketones is 1. The van der Waals surface area contributed by atoms with Gasteiger partial charge in [-0.2, -0.15) is 13.9 Å². The van der Waals surface area contributed by atoms with Crippen molar-refractivity contribution in [1.29, 1.82) is 0 Å². The molecule has 0 fully saturated rings. The molecule has 0 atom stereocenters. The minimum Gasteiger partial charge on any atom is -0.435 e. The first kappa shape index (κ1) is 16.4. The maximum absolute atomic E-state index is 12.2. The Morgan fingerprint density at radius 1 is 1.41 bits per heavy atom. The van der Waals surface area contributed by atoms with Crippen molar-refractivity contribution in [2.24, 2.45) is 0 Å². The molecular formula is C15H13BrF2N2O2. The molecule has 0 unspecified atom stereocenters. The molecule has 1 aromatic carbocycles. The van der Waals surface area contributed by atoms with Gasteiger partial charge in [-0.1, -0.05) is 18.2 Å². The summed E-state index contributed by atoms with van der Waals surface area (Å²) in [7, 11) is 0. The Balaban J connectivity index is 2.11. The molecule has 2 rings (SSSR count). The Kier molecular flexibility index (Phi) is 5.43. The number of hydrogen-bond donors (Lipinski definition) is 0. The van der Waals surface area contributed by atoms with Gasteiger partial charge >= 0.3 is 6.61 Å². The SMILES string of the molecule is CCn1ncc(Br)c1C(=O)/C=C/c1ccc(OC(F)F)cc1. The minimum atomic E-state index is -2.85. The molecule has 22 heavy (non-hydrogen) atoms. The first-order valence-corrected chi connectivity index (χ1v) is 7.29. The molecule has 0 spiro atoms. The Morgan fingerprint density at radius 3 is 2.68 bits per heavy atom. The number of carbonyl (C=O) groups excluding carboxylic acids is 1. The third-order valence-corrected chi connectivity index (χ3v) is 3.44. The zero-order chi connectivity index (χ0) is 16.1. The van der Waals surface area contributed by atoms with Gasteiger partial charge in [0.1, 0.15) is 11.4 Å². The van der Waals surface area contributed by atoms with Crippen LogP contribution in [0.4, 0.5) is 8.78 Å². The first-order valence-electron chi connectivity index (χ1n) is 6.50. The number of aromatic nitrogens is 2. The second-order valence-electron chi connectivity index (χ2n) is 4.30.